The van der Waals surface area contributed by atoms with Gasteiger partial charge >= 0.3 is 0 Å². The molecule has 1 aromatic carbocycles. The van der Waals surface area contributed by atoms with Crippen LogP contribution < -0.4 is 15.5 Å². The first kappa shape index (κ1) is 22.7. The highest BCUT2D eigenvalue weighted by molar-refractivity contribution is 14.0. The summed E-state index contributed by atoms with van der Waals surface area (Å²) in [6.07, 6.45) is 1.84. The molecule has 3 rings (SSSR count). The highest BCUT2D eigenvalue weighted by Gasteiger charge is 2.15. The van der Waals surface area contributed by atoms with E-state index in [1.807, 2.05) is 36.5 Å². The summed E-state index contributed by atoms with van der Waals surface area (Å²) in [4.78, 5) is 11.5. The van der Waals surface area contributed by atoms with Crippen molar-refractivity contribution in [3.63, 3.8) is 0 Å². The van der Waals surface area contributed by atoms with Crippen LogP contribution in [0.4, 0.5) is 5.82 Å². The lowest BCUT2D eigenvalue weighted by atomic mass is 10.2. The van der Waals surface area contributed by atoms with Crippen LogP contribution in [0.1, 0.15) is 18.1 Å². The number of pyridine rings is 1. The maximum absolute atomic E-state index is 5.94. The monoisotopic (exact) mass is 515 g/mol. The maximum atomic E-state index is 5.94. The smallest absolute Gasteiger partial charge is 0.191 e. The van der Waals surface area contributed by atoms with Gasteiger partial charge in [-0.1, -0.05) is 29.8 Å². The number of aliphatic imine (C=N–C) groups is 1. The van der Waals surface area contributed by atoms with Gasteiger partial charge in [-0.05, 0) is 30.7 Å². The molecular formula is C20H27ClIN5O. The minimum Gasteiger partial charge on any atom is -0.378 e. The van der Waals surface area contributed by atoms with Crippen LogP contribution in [0.15, 0.2) is 47.6 Å². The lowest BCUT2D eigenvalue weighted by Gasteiger charge is -2.29. The quantitative estimate of drug-likeness (QED) is 0.351. The summed E-state index contributed by atoms with van der Waals surface area (Å²) in [6.45, 7) is 7.34. The summed E-state index contributed by atoms with van der Waals surface area (Å²) in [5.74, 6) is 1.80. The molecule has 2 aromatic rings. The van der Waals surface area contributed by atoms with Crippen LogP contribution in [0.25, 0.3) is 0 Å². The Balaban J connectivity index is 0.00000280. The predicted octanol–water partition coefficient (Wildman–Crippen LogP) is 3.44. The molecule has 28 heavy (non-hydrogen) atoms. The molecule has 1 aliphatic heterocycles. The van der Waals surface area contributed by atoms with Crippen LogP contribution in [0.5, 0.6) is 0 Å². The number of nitrogens with one attached hydrogen (secondary N) is 2. The second-order valence-electron chi connectivity index (χ2n) is 6.26. The third-order valence-corrected chi connectivity index (χ3v) is 4.55. The van der Waals surface area contributed by atoms with Gasteiger partial charge in [0, 0.05) is 43.0 Å². The summed E-state index contributed by atoms with van der Waals surface area (Å²) in [6, 6.07) is 11.8. The Kier molecular flexibility index (Phi) is 9.80. The molecule has 6 nitrogen and oxygen atoms in total. The molecule has 0 atom stereocenters. The van der Waals surface area contributed by atoms with Crippen molar-refractivity contribution >= 4 is 47.4 Å². The number of benzene rings is 1. The van der Waals surface area contributed by atoms with E-state index < -0.39 is 0 Å². The fourth-order valence-electron chi connectivity index (χ4n) is 2.91. The van der Waals surface area contributed by atoms with Crippen LogP contribution in [0.3, 0.4) is 0 Å². The van der Waals surface area contributed by atoms with E-state index >= 15 is 0 Å². The molecule has 1 saturated heterocycles. The van der Waals surface area contributed by atoms with Gasteiger partial charge in [-0.15, -0.1) is 24.0 Å². The van der Waals surface area contributed by atoms with Crippen molar-refractivity contribution in [2.75, 3.05) is 37.7 Å². The first-order valence-corrected chi connectivity index (χ1v) is 9.67. The van der Waals surface area contributed by atoms with Gasteiger partial charge in [0.15, 0.2) is 5.96 Å². The molecule has 1 fully saturated rings. The summed E-state index contributed by atoms with van der Waals surface area (Å²) >= 11 is 5.94. The van der Waals surface area contributed by atoms with Gasteiger partial charge in [-0.25, -0.2) is 9.98 Å². The number of anilines is 1. The van der Waals surface area contributed by atoms with Crippen molar-refractivity contribution in [1.29, 1.82) is 0 Å². The second-order valence-corrected chi connectivity index (χ2v) is 6.70. The third kappa shape index (κ3) is 6.79. The Labute approximate surface area is 188 Å². The van der Waals surface area contributed by atoms with Gasteiger partial charge in [0.25, 0.3) is 0 Å². The van der Waals surface area contributed by atoms with Gasteiger partial charge in [-0.3, -0.25) is 0 Å². The first-order chi connectivity index (χ1) is 13.3. The number of rotatable bonds is 6. The summed E-state index contributed by atoms with van der Waals surface area (Å²) in [7, 11) is 0. The first-order valence-electron chi connectivity index (χ1n) is 9.29. The Morgan fingerprint density at radius 1 is 1.18 bits per heavy atom. The molecule has 0 saturated carbocycles. The average Bonchev–Trinajstić information content (AvgIpc) is 2.72. The van der Waals surface area contributed by atoms with Crippen LogP contribution >= 0.6 is 35.6 Å². The Bertz CT molecular complexity index is 751. The number of nitrogens with zero attached hydrogens (tertiary/aromatic N) is 3. The van der Waals surface area contributed by atoms with Crippen molar-refractivity contribution in [3.8, 4) is 0 Å². The van der Waals surface area contributed by atoms with Crippen molar-refractivity contribution in [2.45, 2.75) is 20.0 Å². The second kappa shape index (κ2) is 12.1. The van der Waals surface area contributed by atoms with E-state index in [4.69, 9.17) is 16.3 Å². The fourth-order valence-corrected chi connectivity index (χ4v) is 3.03. The topological polar surface area (TPSA) is 61.8 Å². The van der Waals surface area contributed by atoms with E-state index in [0.29, 0.717) is 13.1 Å². The average molecular weight is 516 g/mol. The zero-order chi connectivity index (χ0) is 18.9. The zero-order valence-corrected chi connectivity index (χ0v) is 19.1. The summed E-state index contributed by atoms with van der Waals surface area (Å²) in [5, 5.41) is 7.44. The minimum absolute atomic E-state index is 0. The molecule has 2 N–H and O–H groups in total. The normalized spacial score (nSPS) is 14.4. The van der Waals surface area contributed by atoms with Crippen LogP contribution in [-0.2, 0) is 17.8 Å². The van der Waals surface area contributed by atoms with E-state index in [9.17, 15) is 0 Å². The lowest BCUT2D eigenvalue weighted by molar-refractivity contribution is 0.122. The Morgan fingerprint density at radius 2 is 1.93 bits per heavy atom. The molecule has 0 amide bonds. The predicted molar refractivity (Wildman–Crippen MR) is 126 cm³/mol. The molecular weight excluding hydrogens is 489 g/mol. The number of hydrogen-bond acceptors (Lipinski definition) is 4. The molecule has 1 aliphatic rings. The zero-order valence-electron chi connectivity index (χ0n) is 16.0. The molecule has 0 unspecified atom stereocenters. The molecule has 0 aliphatic carbocycles. The van der Waals surface area contributed by atoms with E-state index in [0.717, 1.165) is 60.8 Å². The van der Waals surface area contributed by atoms with E-state index in [1.54, 1.807) is 0 Å². The minimum atomic E-state index is 0. The van der Waals surface area contributed by atoms with Gasteiger partial charge in [0.2, 0.25) is 0 Å². The molecule has 0 bridgehead atoms. The van der Waals surface area contributed by atoms with Crippen molar-refractivity contribution in [1.82, 2.24) is 15.6 Å². The molecule has 2 heterocycles. The number of hydrogen-bond donors (Lipinski definition) is 2. The molecule has 8 heteroatoms. The largest absolute Gasteiger partial charge is 0.378 e. The van der Waals surface area contributed by atoms with Gasteiger partial charge in [0.1, 0.15) is 5.82 Å². The van der Waals surface area contributed by atoms with Crippen LogP contribution in [0.2, 0.25) is 5.02 Å². The number of guanidine groups is 1. The standard InChI is InChI=1S/C20H26ClN5O.HI/c1-2-22-20(24-14-16-5-7-18(21)8-6-16)25-15-17-4-3-9-23-19(17)26-10-12-27-13-11-26;/h3-9H,2,10-15H2,1H3,(H2,22,24,25);1H. The SMILES string of the molecule is CCNC(=NCc1ccc(Cl)cc1)NCc1cccnc1N1CCOCC1.I. The number of morpholine rings is 1. The Morgan fingerprint density at radius 3 is 2.64 bits per heavy atom. The fraction of sp³-hybridized carbons (Fsp3) is 0.400. The Hall–Kier alpha value is -1.58. The van der Waals surface area contributed by atoms with Gasteiger partial charge in [0.05, 0.1) is 19.8 Å². The number of ether oxygens (including phenoxy) is 1. The van der Waals surface area contributed by atoms with Crippen LogP contribution in [-0.4, -0.2) is 43.8 Å². The lowest BCUT2D eigenvalue weighted by Crippen LogP contribution is -2.39. The van der Waals surface area contributed by atoms with Gasteiger partial charge < -0.3 is 20.3 Å². The van der Waals surface area contributed by atoms with E-state index in [2.05, 4.69) is 38.5 Å². The number of halogens is 2. The molecule has 0 radical (unpaired) electrons. The molecule has 0 spiro atoms. The summed E-state index contributed by atoms with van der Waals surface area (Å²) in [5.41, 5.74) is 2.27. The van der Waals surface area contributed by atoms with Crippen molar-refractivity contribution in [2.24, 2.45) is 4.99 Å². The van der Waals surface area contributed by atoms with Crippen molar-refractivity contribution in [3.05, 3.63) is 58.7 Å². The van der Waals surface area contributed by atoms with Crippen molar-refractivity contribution < 1.29 is 4.74 Å². The van der Waals surface area contributed by atoms with E-state index in [-0.39, 0.29) is 24.0 Å². The molecule has 152 valence electrons. The highest BCUT2D eigenvalue weighted by Crippen LogP contribution is 2.18. The molecule has 1 aromatic heterocycles. The van der Waals surface area contributed by atoms with Crippen LogP contribution in [0, 0.1) is 0 Å². The van der Waals surface area contributed by atoms with Gasteiger partial charge in [-0.2, -0.15) is 0 Å². The maximum Gasteiger partial charge on any atom is 0.191 e. The van der Waals surface area contributed by atoms with E-state index in [1.165, 1.54) is 0 Å². The third-order valence-electron chi connectivity index (χ3n) is 4.30. The highest BCUT2D eigenvalue weighted by atomic mass is 127. The number of aromatic nitrogens is 1. The summed E-state index contributed by atoms with van der Waals surface area (Å²) < 4.78 is 5.45.